The third kappa shape index (κ3) is 1.08. The fourth-order valence-corrected chi connectivity index (χ4v) is 1.86. The van der Waals surface area contributed by atoms with E-state index in [0.29, 0.717) is 22.2 Å². The Bertz CT molecular complexity index is 362. The minimum atomic E-state index is 0.0201. The molecule has 62 valence electrons. The Balaban J connectivity index is 2.68. The molecule has 2 nitrogen and oxygen atoms in total. The molecule has 1 aromatic carbocycles. The van der Waals surface area contributed by atoms with Gasteiger partial charge in [0.25, 0.3) is 0 Å². The Kier molecular flexibility index (Phi) is 1.74. The first-order chi connectivity index (χ1) is 5.68. The molecule has 1 aromatic rings. The van der Waals surface area contributed by atoms with Gasteiger partial charge in [0.2, 0.25) is 0 Å². The van der Waals surface area contributed by atoms with Crippen molar-refractivity contribution in [2.75, 3.05) is 11.9 Å². The third-order valence-electron chi connectivity index (χ3n) is 1.77. The number of hydrogen-bond acceptors (Lipinski definition) is 2. The van der Waals surface area contributed by atoms with Crippen LogP contribution < -0.4 is 5.32 Å². The molecule has 0 aliphatic carbocycles. The third-order valence-corrected chi connectivity index (χ3v) is 2.29. The summed E-state index contributed by atoms with van der Waals surface area (Å²) in [5.74, 6) is 0.0201. The van der Waals surface area contributed by atoms with Crippen LogP contribution in [0, 0.1) is 0 Å². The quantitative estimate of drug-likeness (QED) is 0.700. The average molecular weight is 202 g/mol. The highest BCUT2D eigenvalue weighted by atomic mass is 35.5. The van der Waals surface area contributed by atoms with Crippen molar-refractivity contribution < 1.29 is 4.79 Å². The van der Waals surface area contributed by atoms with Crippen LogP contribution in [0.15, 0.2) is 12.1 Å². The molecule has 0 bridgehead atoms. The number of nitrogens with one attached hydrogen (secondary N) is 1. The summed E-state index contributed by atoms with van der Waals surface area (Å²) >= 11 is 11.6. The Labute approximate surface area is 79.5 Å². The molecule has 0 aromatic heterocycles. The van der Waals surface area contributed by atoms with Crippen LogP contribution >= 0.6 is 23.2 Å². The van der Waals surface area contributed by atoms with Gasteiger partial charge in [-0.15, -0.1) is 0 Å². The lowest BCUT2D eigenvalue weighted by Crippen LogP contribution is -2.00. The lowest BCUT2D eigenvalue weighted by molar-refractivity contribution is 0.101. The smallest absolute Gasteiger partial charge is 0.185 e. The molecule has 1 heterocycles. The van der Waals surface area contributed by atoms with Gasteiger partial charge in [-0.25, -0.2) is 0 Å². The van der Waals surface area contributed by atoms with Gasteiger partial charge in [0.15, 0.2) is 5.78 Å². The Morgan fingerprint density at radius 1 is 1.33 bits per heavy atom. The first-order valence-corrected chi connectivity index (χ1v) is 4.20. The van der Waals surface area contributed by atoms with Gasteiger partial charge in [-0.3, -0.25) is 4.79 Å². The number of fused-ring (bicyclic) bond motifs is 1. The summed E-state index contributed by atoms with van der Waals surface area (Å²) in [6.45, 7) is 0.315. The zero-order valence-electron chi connectivity index (χ0n) is 6.03. The van der Waals surface area contributed by atoms with Crippen molar-refractivity contribution in [3.05, 3.63) is 27.7 Å². The fraction of sp³-hybridized carbons (Fsp3) is 0.125. The zero-order chi connectivity index (χ0) is 8.72. The molecular weight excluding hydrogens is 197 g/mol. The van der Waals surface area contributed by atoms with E-state index in [4.69, 9.17) is 23.2 Å². The molecule has 4 heteroatoms. The second kappa shape index (κ2) is 2.64. The SMILES string of the molecule is O=C1CNc2cc(Cl)cc(Cl)c21. The number of ketones is 1. The van der Waals surface area contributed by atoms with Crippen LogP contribution in [0.3, 0.4) is 0 Å². The lowest BCUT2D eigenvalue weighted by atomic mass is 10.1. The standard InChI is InChI=1S/C8H5Cl2NO/c9-4-1-5(10)8-6(2-4)11-3-7(8)12/h1-2,11H,3H2. The van der Waals surface area contributed by atoms with Crippen LogP contribution in [-0.2, 0) is 0 Å². The van der Waals surface area contributed by atoms with Crippen molar-refractivity contribution in [3.63, 3.8) is 0 Å². The maximum absolute atomic E-state index is 11.2. The minimum Gasteiger partial charge on any atom is -0.377 e. The molecule has 12 heavy (non-hydrogen) atoms. The van der Waals surface area contributed by atoms with Gasteiger partial charge in [0, 0.05) is 10.7 Å². The number of benzene rings is 1. The highest BCUT2D eigenvalue weighted by molar-refractivity contribution is 6.38. The molecule has 1 aliphatic rings. The summed E-state index contributed by atoms with van der Waals surface area (Å²) in [6, 6.07) is 3.28. The molecule has 0 amide bonds. The van der Waals surface area contributed by atoms with E-state index in [2.05, 4.69) is 5.32 Å². The second-order valence-electron chi connectivity index (χ2n) is 2.59. The van der Waals surface area contributed by atoms with Crippen LogP contribution in [0.5, 0.6) is 0 Å². The summed E-state index contributed by atoms with van der Waals surface area (Å²) in [6.07, 6.45) is 0. The highest BCUT2D eigenvalue weighted by Gasteiger charge is 2.22. The van der Waals surface area contributed by atoms with E-state index in [1.54, 1.807) is 12.1 Å². The van der Waals surface area contributed by atoms with Crippen molar-refractivity contribution in [2.24, 2.45) is 0 Å². The molecule has 0 unspecified atom stereocenters. The van der Waals surface area contributed by atoms with Crippen LogP contribution in [0.1, 0.15) is 10.4 Å². The number of halogens is 2. The Hall–Kier alpha value is -0.730. The van der Waals surface area contributed by atoms with Crippen molar-refractivity contribution in [1.29, 1.82) is 0 Å². The molecule has 0 radical (unpaired) electrons. The van der Waals surface area contributed by atoms with Gasteiger partial charge in [-0.05, 0) is 12.1 Å². The van der Waals surface area contributed by atoms with Crippen molar-refractivity contribution in [2.45, 2.75) is 0 Å². The first-order valence-electron chi connectivity index (χ1n) is 3.44. The summed E-state index contributed by atoms with van der Waals surface area (Å²) < 4.78 is 0. The summed E-state index contributed by atoms with van der Waals surface area (Å²) in [5, 5.41) is 3.88. The molecule has 0 saturated heterocycles. The number of carbonyl (C=O) groups is 1. The lowest BCUT2D eigenvalue weighted by Gasteiger charge is -2.00. The van der Waals surface area contributed by atoms with Gasteiger partial charge in [0.05, 0.1) is 17.1 Å². The first kappa shape index (κ1) is 7.90. The number of anilines is 1. The molecule has 2 rings (SSSR count). The van der Waals surface area contributed by atoms with Crippen molar-refractivity contribution in [3.8, 4) is 0 Å². The van der Waals surface area contributed by atoms with Gasteiger partial charge in [0.1, 0.15) is 0 Å². The molecule has 0 spiro atoms. The number of hydrogen-bond donors (Lipinski definition) is 1. The van der Waals surface area contributed by atoms with E-state index in [1.165, 1.54) is 0 Å². The summed E-state index contributed by atoms with van der Waals surface area (Å²) in [4.78, 5) is 11.2. The normalized spacial score (nSPS) is 14.3. The van der Waals surface area contributed by atoms with E-state index in [0.717, 1.165) is 5.69 Å². The predicted molar refractivity (Wildman–Crippen MR) is 49.3 cm³/mol. The van der Waals surface area contributed by atoms with Crippen molar-refractivity contribution >= 4 is 34.7 Å². The monoisotopic (exact) mass is 201 g/mol. The van der Waals surface area contributed by atoms with Gasteiger partial charge in [-0.1, -0.05) is 23.2 Å². The van der Waals surface area contributed by atoms with E-state index in [-0.39, 0.29) is 5.78 Å². The molecule has 0 saturated carbocycles. The number of rotatable bonds is 0. The highest BCUT2D eigenvalue weighted by Crippen LogP contribution is 2.32. The van der Waals surface area contributed by atoms with E-state index >= 15 is 0 Å². The van der Waals surface area contributed by atoms with Gasteiger partial charge < -0.3 is 5.32 Å². The van der Waals surface area contributed by atoms with Crippen LogP contribution in [-0.4, -0.2) is 12.3 Å². The molecule has 0 fully saturated rings. The van der Waals surface area contributed by atoms with Crippen LogP contribution in [0.4, 0.5) is 5.69 Å². The molecular formula is C8H5Cl2NO. The molecule has 1 N–H and O–H groups in total. The summed E-state index contributed by atoms with van der Waals surface area (Å²) in [5.41, 5.74) is 1.29. The van der Waals surface area contributed by atoms with Crippen LogP contribution in [0.2, 0.25) is 10.0 Å². The van der Waals surface area contributed by atoms with Crippen molar-refractivity contribution in [1.82, 2.24) is 0 Å². The summed E-state index contributed by atoms with van der Waals surface area (Å²) in [7, 11) is 0. The van der Waals surface area contributed by atoms with E-state index in [1.807, 2.05) is 0 Å². The average Bonchev–Trinajstić information content (AvgIpc) is 2.31. The van der Waals surface area contributed by atoms with Gasteiger partial charge in [-0.2, -0.15) is 0 Å². The number of Topliss-reactive ketones (excluding diaryl/α,β-unsaturated/α-hetero) is 1. The topological polar surface area (TPSA) is 29.1 Å². The van der Waals surface area contributed by atoms with Gasteiger partial charge >= 0.3 is 0 Å². The predicted octanol–water partition coefficient (Wildman–Crippen LogP) is 2.60. The van der Waals surface area contributed by atoms with E-state index in [9.17, 15) is 4.79 Å². The maximum atomic E-state index is 11.2. The molecule has 0 atom stereocenters. The second-order valence-corrected chi connectivity index (χ2v) is 3.43. The Morgan fingerprint density at radius 3 is 2.83 bits per heavy atom. The minimum absolute atomic E-state index is 0.0201. The molecule has 1 aliphatic heterocycles. The Morgan fingerprint density at radius 2 is 2.08 bits per heavy atom. The fourth-order valence-electron chi connectivity index (χ4n) is 1.26. The number of carbonyl (C=O) groups excluding carboxylic acids is 1. The largest absolute Gasteiger partial charge is 0.377 e. The zero-order valence-corrected chi connectivity index (χ0v) is 7.54. The maximum Gasteiger partial charge on any atom is 0.185 e. The van der Waals surface area contributed by atoms with E-state index < -0.39 is 0 Å². The van der Waals surface area contributed by atoms with Crippen LogP contribution in [0.25, 0.3) is 0 Å².